The second-order valence-electron chi connectivity index (χ2n) is 7.65. The predicted molar refractivity (Wildman–Crippen MR) is 133 cm³/mol. The lowest BCUT2D eigenvalue weighted by atomic mass is 10.2. The van der Waals surface area contributed by atoms with Gasteiger partial charge in [0.15, 0.2) is 0 Å². The molecule has 0 spiro atoms. The zero-order valence-electron chi connectivity index (χ0n) is 18.8. The number of ether oxygens (including phenoxy) is 3. The highest BCUT2D eigenvalue weighted by molar-refractivity contribution is 9.10. The molecular weight excluding hydrogens is 500 g/mol. The van der Waals surface area contributed by atoms with Crippen LogP contribution in [0.4, 0.5) is 0 Å². The van der Waals surface area contributed by atoms with Gasteiger partial charge in [0.05, 0.1) is 17.6 Å². The Kier molecular flexibility index (Phi) is 7.33. The van der Waals surface area contributed by atoms with Crippen molar-refractivity contribution >= 4 is 32.9 Å². The van der Waals surface area contributed by atoms with E-state index in [0.29, 0.717) is 47.0 Å². The Morgan fingerprint density at radius 2 is 1.68 bits per heavy atom. The molecule has 4 aromatic rings. The molecule has 0 unspecified atom stereocenters. The highest BCUT2D eigenvalue weighted by atomic mass is 79.9. The molecule has 0 aliphatic rings. The van der Waals surface area contributed by atoms with Crippen molar-refractivity contribution in [2.75, 3.05) is 6.61 Å². The molecule has 0 radical (unpaired) electrons. The maximum absolute atomic E-state index is 13.1. The zero-order valence-corrected chi connectivity index (χ0v) is 20.4. The Bertz CT molecular complexity index is 1360. The third-order valence-electron chi connectivity index (χ3n) is 5.05. The predicted octanol–water partition coefficient (Wildman–Crippen LogP) is 6.80. The SMILES string of the molecule is CCCOC(=O)c1ccc(Oc2c(C)oc3cc(OCc4ccc(Br)cc4)ccc3c2=O)cc1. The minimum absolute atomic E-state index is 0.0948. The lowest BCUT2D eigenvalue weighted by Gasteiger charge is -2.11. The van der Waals surface area contributed by atoms with Gasteiger partial charge in [0.25, 0.3) is 0 Å². The molecule has 0 saturated heterocycles. The summed E-state index contributed by atoms with van der Waals surface area (Å²) in [4.78, 5) is 25.0. The van der Waals surface area contributed by atoms with E-state index in [0.717, 1.165) is 16.5 Å². The Morgan fingerprint density at radius 1 is 0.971 bits per heavy atom. The van der Waals surface area contributed by atoms with Gasteiger partial charge >= 0.3 is 5.97 Å². The molecular formula is C27H23BrO6. The lowest BCUT2D eigenvalue weighted by Crippen LogP contribution is -2.08. The average Bonchev–Trinajstić information content (AvgIpc) is 2.85. The number of esters is 1. The van der Waals surface area contributed by atoms with Crippen LogP contribution in [0.3, 0.4) is 0 Å². The Balaban J connectivity index is 1.51. The highest BCUT2D eigenvalue weighted by Gasteiger charge is 2.15. The molecule has 1 aromatic heterocycles. The summed E-state index contributed by atoms with van der Waals surface area (Å²) in [6, 6.07) is 19.4. The number of hydrogen-bond acceptors (Lipinski definition) is 6. The number of carbonyl (C=O) groups excluding carboxylic acids is 1. The molecule has 0 aliphatic carbocycles. The molecule has 6 nitrogen and oxygen atoms in total. The van der Waals surface area contributed by atoms with Crippen LogP contribution >= 0.6 is 15.9 Å². The molecule has 0 saturated carbocycles. The van der Waals surface area contributed by atoms with E-state index in [9.17, 15) is 9.59 Å². The molecule has 34 heavy (non-hydrogen) atoms. The smallest absolute Gasteiger partial charge is 0.338 e. The third kappa shape index (κ3) is 5.48. The summed E-state index contributed by atoms with van der Waals surface area (Å²) in [6.45, 7) is 4.36. The summed E-state index contributed by atoms with van der Waals surface area (Å²) in [5, 5.41) is 0.386. The highest BCUT2D eigenvalue weighted by Crippen LogP contribution is 2.28. The van der Waals surface area contributed by atoms with Crippen molar-refractivity contribution in [1.82, 2.24) is 0 Å². The summed E-state index contributed by atoms with van der Waals surface area (Å²) >= 11 is 3.41. The molecule has 174 valence electrons. The van der Waals surface area contributed by atoms with Gasteiger partial charge in [0.1, 0.15) is 29.4 Å². The molecule has 0 aliphatic heterocycles. The molecule has 0 N–H and O–H groups in total. The largest absolute Gasteiger partial charge is 0.489 e. The number of benzene rings is 3. The number of fused-ring (bicyclic) bond motifs is 1. The topological polar surface area (TPSA) is 75.0 Å². The average molecular weight is 523 g/mol. The van der Waals surface area contributed by atoms with Crippen molar-refractivity contribution < 1.29 is 23.4 Å². The van der Waals surface area contributed by atoms with E-state index in [2.05, 4.69) is 15.9 Å². The standard InChI is InChI=1S/C27H23BrO6/c1-3-14-31-27(30)19-6-10-21(11-7-19)34-26-17(2)33-24-15-22(12-13-23(24)25(26)29)32-16-18-4-8-20(28)9-5-18/h4-13,15H,3,14,16H2,1-2H3. The van der Waals surface area contributed by atoms with E-state index in [1.54, 1.807) is 49.4 Å². The Labute approximate surface area is 205 Å². The van der Waals surface area contributed by atoms with Crippen molar-refractivity contribution in [3.63, 3.8) is 0 Å². The van der Waals surface area contributed by atoms with E-state index in [-0.39, 0.29) is 11.2 Å². The minimum atomic E-state index is -0.395. The van der Waals surface area contributed by atoms with Crippen LogP contribution in [0.1, 0.15) is 35.0 Å². The van der Waals surface area contributed by atoms with E-state index in [1.165, 1.54) is 0 Å². The second kappa shape index (κ2) is 10.6. The van der Waals surface area contributed by atoms with Gasteiger partial charge < -0.3 is 18.6 Å². The molecule has 0 atom stereocenters. The summed E-state index contributed by atoms with van der Waals surface area (Å²) in [5.74, 6) is 1.05. The summed E-state index contributed by atoms with van der Waals surface area (Å²) in [6.07, 6.45) is 0.753. The maximum Gasteiger partial charge on any atom is 0.338 e. The summed E-state index contributed by atoms with van der Waals surface area (Å²) in [7, 11) is 0. The maximum atomic E-state index is 13.1. The molecule has 0 fully saturated rings. The molecule has 0 bridgehead atoms. The number of hydrogen-bond donors (Lipinski definition) is 0. The van der Waals surface area contributed by atoms with Gasteiger partial charge in [-0.25, -0.2) is 4.79 Å². The van der Waals surface area contributed by atoms with Crippen LogP contribution in [0.25, 0.3) is 11.0 Å². The van der Waals surface area contributed by atoms with Crippen molar-refractivity contribution in [2.45, 2.75) is 26.9 Å². The first-order valence-electron chi connectivity index (χ1n) is 10.8. The van der Waals surface area contributed by atoms with Gasteiger partial charge in [0, 0.05) is 10.5 Å². The normalized spacial score (nSPS) is 10.8. The van der Waals surface area contributed by atoms with E-state index in [1.807, 2.05) is 31.2 Å². The first-order chi connectivity index (χ1) is 16.4. The van der Waals surface area contributed by atoms with Crippen molar-refractivity contribution in [3.8, 4) is 17.2 Å². The van der Waals surface area contributed by atoms with Gasteiger partial charge in [-0.3, -0.25) is 4.79 Å². The van der Waals surface area contributed by atoms with Gasteiger partial charge in [-0.05, 0) is 67.4 Å². The van der Waals surface area contributed by atoms with Crippen molar-refractivity contribution in [3.05, 3.63) is 98.3 Å². The number of aryl methyl sites for hydroxylation is 1. The van der Waals surface area contributed by atoms with Crippen LogP contribution in [0.5, 0.6) is 17.2 Å². The lowest BCUT2D eigenvalue weighted by molar-refractivity contribution is 0.0505. The first kappa shape index (κ1) is 23.6. The summed E-state index contributed by atoms with van der Waals surface area (Å²) < 4.78 is 23.7. The first-order valence-corrected chi connectivity index (χ1v) is 11.6. The Hall–Kier alpha value is -3.58. The van der Waals surface area contributed by atoms with Gasteiger partial charge in [-0.2, -0.15) is 0 Å². The molecule has 4 rings (SSSR count). The fourth-order valence-electron chi connectivity index (χ4n) is 3.28. The van der Waals surface area contributed by atoms with E-state index in [4.69, 9.17) is 18.6 Å². The fraction of sp³-hybridized carbons (Fsp3) is 0.185. The van der Waals surface area contributed by atoms with Gasteiger partial charge in [-0.1, -0.05) is 35.0 Å². The Morgan fingerprint density at radius 3 is 2.38 bits per heavy atom. The molecule has 0 amide bonds. The van der Waals surface area contributed by atoms with Crippen molar-refractivity contribution in [1.29, 1.82) is 0 Å². The number of carbonyl (C=O) groups is 1. The summed E-state index contributed by atoms with van der Waals surface area (Å²) in [5.41, 5.74) is 1.56. The van der Waals surface area contributed by atoms with Crippen LogP contribution in [-0.4, -0.2) is 12.6 Å². The number of rotatable bonds is 8. The molecule has 3 aromatic carbocycles. The van der Waals surface area contributed by atoms with E-state index < -0.39 is 5.97 Å². The second-order valence-corrected chi connectivity index (χ2v) is 8.57. The zero-order chi connectivity index (χ0) is 24.1. The quantitative estimate of drug-likeness (QED) is 0.237. The monoisotopic (exact) mass is 522 g/mol. The molecule has 1 heterocycles. The number of halogens is 1. The van der Waals surface area contributed by atoms with Crippen LogP contribution in [0.2, 0.25) is 0 Å². The van der Waals surface area contributed by atoms with Crippen LogP contribution in [-0.2, 0) is 11.3 Å². The third-order valence-corrected chi connectivity index (χ3v) is 5.58. The minimum Gasteiger partial charge on any atom is -0.489 e. The molecule has 7 heteroatoms. The van der Waals surface area contributed by atoms with Crippen molar-refractivity contribution in [2.24, 2.45) is 0 Å². The van der Waals surface area contributed by atoms with Crippen LogP contribution in [0, 0.1) is 6.92 Å². The van der Waals surface area contributed by atoms with Crippen LogP contribution < -0.4 is 14.9 Å². The van der Waals surface area contributed by atoms with Gasteiger partial charge in [0.2, 0.25) is 11.2 Å². The fourth-order valence-corrected chi connectivity index (χ4v) is 3.54. The van der Waals surface area contributed by atoms with E-state index >= 15 is 0 Å². The van der Waals surface area contributed by atoms with Crippen LogP contribution in [0.15, 0.2) is 80.4 Å². The van der Waals surface area contributed by atoms with Gasteiger partial charge in [-0.15, -0.1) is 0 Å².